The molecule has 1 atom stereocenters. The molecule has 0 aromatic heterocycles. The summed E-state index contributed by atoms with van der Waals surface area (Å²) in [5.41, 5.74) is 7.69. The molecule has 1 amide bonds. The second kappa shape index (κ2) is 8.06. The highest BCUT2D eigenvalue weighted by Gasteiger charge is 2.41. The molecule has 0 saturated carbocycles. The van der Waals surface area contributed by atoms with Crippen molar-refractivity contribution in [1.82, 2.24) is 5.32 Å². The van der Waals surface area contributed by atoms with Crippen molar-refractivity contribution < 1.29 is 14.3 Å². The number of allylic oxidation sites excluding steroid dienone is 1. The third-order valence-electron chi connectivity index (χ3n) is 5.20. The number of dihydropyridines is 1. The Bertz CT molecular complexity index is 844. The van der Waals surface area contributed by atoms with Crippen LogP contribution in [0, 0.1) is 5.41 Å². The fraction of sp³-hybridized carbons (Fsp3) is 0.524. The molecular formula is C21H25N3O3. The molecule has 0 aliphatic carbocycles. The van der Waals surface area contributed by atoms with E-state index < -0.39 is 5.41 Å². The van der Waals surface area contributed by atoms with Crippen LogP contribution in [-0.2, 0) is 14.3 Å². The van der Waals surface area contributed by atoms with Gasteiger partial charge in [-0.05, 0) is 31.4 Å². The Morgan fingerprint density at radius 3 is 2.85 bits per heavy atom. The normalized spacial score (nSPS) is 27.6. The molecule has 1 unspecified atom stereocenters. The van der Waals surface area contributed by atoms with Gasteiger partial charge in [0.2, 0.25) is 5.91 Å². The Balaban J connectivity index is 1.78. The molecule has 3 aliphatic rings. The van der Waals surface area contributed by atoms with Crippen LogP contribution in [0.4, 0.5) is 0 Å². The van der Waals surface area contributed by atoms with Gasteiger partial charge in [0, 0.05) is 30.5 Å². The highest BCUT2D eigenvalue weighted by Crippen LogP contribution is 2.34. The lowest BCUT2D eigenvalue weighted by molar-refractivity contribution is -0.156. The summed E-state index contributed by atoms with van der Waals surface area (Å²) in [6.07, 6.45) is 7.35. The lowest BCUT2D eigenvalue weighted by Gasteiger charge is -2.37. The maximum Gasteiger partial charge on any atom is 0.235 e. The van der Waals surface area contributed by atoms with Crippen LogP contribution in [0.1, 0.15) is 26.7 Å². The van der Waals surface area contributed by atoms with Gasteiger partial charge < -0.3 is 14.8 Å². The number of nitrogens with zero attached hydrogens (tertiary/aromatic N) is 2. The number of nitrogens with one attached hydrogen (secondary N) is 1. The van der Waals surface area contributed by atoms with E-state index in [0.717, 1.165) is 23.3 Å². The average molecular weight is 367 g/mol. The molecule has 3 aliphatic heterocycles. The number of amides is 1. The third kappa shape index (κ3) is 4.12. The van der Waals surface area contributed by atoms with Crippen molar-refractivity contribution in [3.8, 4) is 0 Å². The van der Waals surface area contributed by atoms with Crippen LogP contribution >= 0.6 is 0 Å². The van der Waals surface area contributed by atoms with Crippen molar-refractivity contribution in [2.75, 3.05) is 33.5 Å². The molecule has 0 aromatic carbocycles. The van der Waals surface area contributed by atoms with Crippen molar-refractivity contribution in [3.63, 3.8) is 0 Å². The van der Waals surface area contributed by atoms with Gasteiger partial charge in [0.1, 0.15) is 0 Å². The fourth-order valence-electron chi connectivity index (χ4n) is 3.24. The molecule has 3 rings (SSSR count). The summed E-state index contributed by atoms with van der Waals surface area (Å²) in [7, 11) is 1.65. The predicted octanol–water partition coefficient (Wildman–Crippen LogP) is 2.14. The van der Waals surface area contributed by atoms with E-state index in [1.54, 1.807) is 13.3 Å². The maximum atomic E-state index is 12.4. The van der Waals surface area contributed by atoms with Gasteiger partial charge in [0.25, 0.3) is 0 Å². The first kappa shape index (κ1) is 19.3. The van der Waals surface area contributed by atoms with Crippen LogP contribution in [0.2, 0.25) is 0 Å². The highest BCUT2D eigenvalue weighted by molar-refractivity contribution is 5.92. The van der Waals surface area contributed by atoms with Crippen LogP contribution in [0.5, 0.6) is 0 Å². The number of hydrogen-bond donors (Lipinski definition) is 1. The molecular weight excluding hydrogens is 342 g/mol. The van der Waals surface area contributed by atoms with Gasteiger partial charge in [-0.2, -0.15) is 0 Å². The average Bonchev–Trinajstić information content (AvgIpc) is 2.63. The van der Waals surface area contributed by atoms with Gasteiger partial charge >= 0.3 is 0 Å². The minimum absolute atomic E-state index is 0.0224. The van der Waals surface area contributed by atoms with Crippen LogP contribution in [0.3, 0.4) is 0 Å². The number of carbonyl (C=O) groups excluding carboxylic acids is 1. The van der Waals surface area contributed by atoms with E-state index in [1.807, 2.05) is 19.1 Å². The molecule has 142 valence electrons. The van der Waals surface area contributed by atoms with Crippen LogP contribution in [0.15, 0.2) is 50.4 Å². The summed E-state index contributed by atoms with van der Waals surface area (Å²) in [6, 6.07) is 0. The number of hydrogen-bond acceptors (Lipinski definition) is 5. The molecule has 3 heterocycles. The Hall–Kier alpha value is -2.45. The van der Waals surface area contributed by atoms with Gasteiger partial charge in [0.15, 0.2) is 0 Å². The van der Waals surface area contributed by atoms with Crippen molar-refractivity contribution >= 4 is 18.0 Å². The van der Waals surface area contributed by atoms with Gasteiger partial charge in [-0.1, -0.05) is 18.7 Å². The summed E-state index contributed by atoms with van der Waals surface area (Å²) in [5, 5.41) is 2.97. The van der Waals surface area contributed by atoms with Crippen LogP contribution in [0.25, 0.3) is 0 Å². The van der Waals surface area contributed by atoms with Crippen molar-refractivity contribution in [2.24, 2.45) is 15.4 Å². The minimum atomic E-state index is -0.441. The Kier molecular flexibility index (Phi) is 5.76. The van der Waals surface area contributed by atoms with Crippen molar-refractivity contribution in [1.29, 1.82) is 0 Å². The second-order valence-electron chi connectivity index (χ2n) is 7.32. The summed E-state index contributed by atoms with van der Waals surface area (Å²) < 4.78 is 10.4. The molecule has 1 N–H and O–H groups in total. The van der Waals surface area contributed by atoms with E-state index in [-0.39, 0.29) is 11.4 Å². The molecule has 6 heteroatoms. The molecule has 27 heavy (non-hydrogen) atoms. The van der Waals surface area contributed by atoms with Gasteiger partial charge in [0.05, 0.1) is 43.0 Å². The first-order valence-corrected chi connectivity index (χ1v) is 9.14. The molecule has 1 fully saturated rings. The van der Waals surface area contributed by atoms with Crippen LogP contribution < -0.4 is 5.32 Å². The summed E-state index contributed by atoms with van der Waals surface area (Å²) in [6.45, 7) is 5.88. The molecule has 0 spiro atoms. The van der Waals surface area contributed by atoms with Crippen molar-refractivity contribution in [3.05, 3.63) is 40.5 Å². The zero-order chi connectivity index (χ0) is 19.3. The van der Waals surface area contributed by atoms with E-state index in [0.29, 0.717) is 32.8 Å². The quantitative estimate of drug-likeness (QED) is 0.731. The van der Waals surface area contributed by atoms with Gasteiger partial charge in [-0.25, -0.2) is 4.99 Å². The van der Waals surface area contributed by atoms with E-state index in [2.05, 4.69) is 34.6 Å². The largest absolute Gasteiger partial charge is 0.379 e. The number of aliphatic imine (C=N–C) groups is 2. The molecule has 0 aromatic rings. The summed E-state index contributed by atoms with van der Waals surface area (Å²) in [4.78, 5) is 21.5. The molecule has 0 radical (unpaired) electrons. The Morgan fingerprint density at radius 1 is 1.44 bits per heavy atom. The first-order chi connectivity index (χ1) is 13.0. The van der Waals surface area contributed by atoms with Crippen molar-refractivity contribution in [2.45, 2.75) is 32.2 Å². The topological polar surface area (TPSA) is 72.3 Å². The lowest BCUT2D eigenvalue weighted by atomic mass is 9.81. The summed E-state index contributed by atoms with van der Waals surface area (Å²) in [5.74, 6) is 2.74. The summed E-state index contributed by atoms with van der Waals surface area (Å²) >= 11 is 0. The van der Waals surface area contributed by atoms with Crippen LogP contribution in [-0.4, -0.2) is 57.0 Å². The minimum Gasteiger partial charge on any atom is -0.379 e. The molecule has 6 nitrogen and oxygen atoms in total. The molecule has 0 bridgehead atoms. The number of carbonyl (C=O) groups is 1. The third-order valence-corrected chi connectivity index (χ3v) is 5.20. The van der Waals surface area contributed by atoms with E-state index in [1.165, 1.54) is 0 Å². The smallest absolute Gasteiger partial charge is 0.235 e. The number of methoxy groups -OCH3 is 1. The monoisotopic (exact) mass is 367 g/mol. The van der Waals surface area contributed by atoms with E-state index >= 15 is 0 Å². The first-order valence-electron chi connectivity index (χ1n) is 9.14. The zero-order valence-corrected chi connectivity index (χ0v) is 16.1. The maximum absolute atomic E-state index is 12.4. The fourth-order valence-corrected chi connectivity index (χ4v) is 3.24. The predicted molar refractivity (Wildman–Crippen MR) is 104 cm³/mol. The Labute approximate surface area is 159 Å². The standard InChI is InChI=1S/C21H25N3O3/c1-4-21(17-10-16(13-26-3)6-5-9-22-11-17)8-7-18(12-23-21)24-19(25)20(2)14-27-15-20/h7,10,12H,4,8,11,13-15H2,1-3H3,(H,24,25)/b17-10+. The van der Waals surface area contributed by atoms with Gasteiger partial charge in [-0.3, -0.25) is 9.79 Å². The second-order valence-corrected chi connectivity index (χ2v) is 7.32. The highest BCUT2D eigenvalue weighted by atomic mass is 16.5. The lowest BCUT2D eigenvalue weighted by Crippen LogP contribution is -2.52. The number of rotatable bonds is 6. The Morgan fingerprint density at radius 2 is 2.26 bits per heavy atom. The number of ether oxygens (including phenoxy) is 2. The zero-order valence-electron chi connectivity index (χ0n) is 16.1. The van der Waals surface area contributed by atoms with E-state index in [4.69, 9.17) is 14.5 Å². The van der Waals surface area contributed by atoms with E-state index in [9.17, 15) is 4.79 Å². The SMILES string of the molecule is CCC1(/C2=C/C(COC)=C=C=C=NC2)CC=C(NC(=O)C2(C)COC2)C=N1. The molecule has 1 saturated heterocycles. The van der Waals surface area contributed by atoms with Gasteiger partial charge in [-0.15, -0.1) is 0 Å².